The van der Waals surface area contributed by atoms with Crippen LogP contribution in [-0.2, 0) is 20.9 Å². The maximum absolute atomic E-state index is 12.5. The van der Waals surface area contributed by atoms with Crippen molar-refractivity contribution in [2.45, 2.75) is 31.8 Å². The van der Waals surface area contributed by atoms with E-state index >= 15 is 0 Å². The van der Waals surface area contributed by atoms with Crippen molar-refractivity contribution in [1.82, 2.24) is 15.1 Å². The highest BCUT2D eigenvalue weighted by molar-refractivity contribution is 5.83. The number of hydrogen-bond acceptors (Lipinski definition) is 4. The molecule has 1 N–H and O–H groups in total. The number of fused-ring (bicyclic) bond motifs is 3. The van der Waals surface area contributed by atoms with Gasteiger partial charge in [-0.25, -0.2) is 0 Å². The van der Waals surface area contributed by atoms with Gasteiger partial charge in [-0.3, -0.25) is 14.3 Å². The average Bonchev–Trinajstić information content (AvgIpc) is 3.29. The van der Waals surface area contributed by atoms with E-state index < -0.39 is 0 Å². The van der Waals surface area contributed by atoms with Crippen LogP contribution in [0.1, 0.15) is 19.3 Å². The molecule has 4 rings (SSSR count). The Morgan fingerprint density at radius 3 is 2.92 bits per heavy atom. The monoisotopic (exact) mass is 327 g/mol. The van der Waals surface area contributed by atoms with Gasteiger partial charge in [-0.2, -0.15) is 5.10 Å². The Morgan fingerprint density at radius 1 is 1.29 bits per heavy atom. The largest absolute Gasteiger partial charge is 0.469 e. The standard InChI is InChI=1S/C18H21N3O3/c1-24-18(23)16-11-6-7-12(8-11)17(16)20-15(22)10-21-14-5-3-2-4-13(14)9-19-21/h2-5,9,11-12,16-17H,6-8,10H2,1H3,(H,20,22)/t11-,12-,16-,17-/m0/s1. The number of nitrogens with one attached hydrogen (secondary N) is 1. The molecule has 1 aromatic carbocycles. The summed E-state index contributed by atoms with van der Waals surface area (Å²) in [5, 5.41) is 8.38. The molecular weight excluding hydrogens is 306 g/mol. The first-order chi connectivity index (χ1) is 11.7. The molecule has 126 valence electrons. The smallest absolute Gasteiger partial charge is 0.311 e. The molecule has 2 aliphatic rings. The number of nitrogens with zero attached hydrogens (tertiary/aromatic N) is 2. The van der Waals surface area contributed by atoms with Crippen LogP contribution in [0.3, 0.4) is 0 Å². The molecule has 24 heavy (non-hydrogen) atoms. The number of carbonyl (C=O) groups excluding carboxylic acids is 2. The zero-order valence-corrected chi connectivity index (χ0v) is 13.6. The van der Waals surface area contributed by atoms with E-state index in [4.69, 9.17) is 4.74 Å². The number of ether oxygens (including phenoxy) is 1. The number of rotatable bonds is 4. The van der Waals surface area contributed by atoms with Crippen LogP contribution in [0.4, 0.5) is 0 Å². The zero-order chi connectivity index (χ0) is 16.7. The van der Waals surface area contributed by atoms with Crippen molar-refractivity contribution in [3.05, 3.63) is 30.5 Å². The molecule has 2 aromatic rings. The van der Waals surface area contributed by atoms with Crippen LogP contribution in [0.25, 0.3) is 10.9 Å². The van der Waals surface area contributed by atoms with Gasteiger partial charge >= 0.3 is 5.97 Å². The SMILES string of the molecule is COC(=O)[C@H]1[C@H]2CC[C@@H](C2)[C@@H]1NC(=O)Cn1ncc2ccccc21. The predicted octanol–water partition coefficient (Wildman–Crippen LogP) is 1.74. The first-order valence-corrected chi connectivity index (χ1v) is 8.45. The average molecular weight is 327 g/mol. The molecule has 2 fully saturated rings. The number of benzene rings is 1. The number of aromatic nitrogens is 2. The van der Waals surface area contributed by atoms with Crippen LogP contribution in [0.2, 0.25) is 0 Å². The van der Waals surface area contributed by atoms with Crippen molar-refractivity contribution in [2.24, 2.45) is 17.8 Å². The molecule has 1 amide bonds. The second-order valence-electron chi connectivity index (χ2n) is 6.84. The van der Waals surface area contributed by atoms with Crippen molar-refractivity contribution in [3.63, 3.8) is 0 Å². The maximum Gasteiger partial charge on any atom is 0.311 e. The van der Waals surface area contributed by atoms with Crippen molar-refractivity contribution in [2.75, 3.05) is 7.11 Å². The van der Waals surface area contributed by atoms with Gasteiger partial charge in [-0.15, -0.1) is 0 Å². The molecule has 0 spiro atoms. The summed E-state index contributed by atoms with van der Waals surface area (Å²) in [4.78, 5) is 24.6. The third-order valence-corrected chi connectivity index (χ3v) is 5.56. The Labute approximate surface area is 140 Å². The summed E-state index contributed by atoms with van der Waals surface area (Å²) in [6, 6.07) is 7.70. The molecular formula is C18H21N3O3. The third-order valence-electron chi connectivity index (χ3n) is 5.56. The van der Waals surface area contributed by atoms with Crippen LogP contribution < -0.4 is 5.32 Å². The summed E-state index contributed by atoms with van der Waals surface area (Å²) in [7, 11) is 1.42. The zero-order valence-electron chi connectivity index (χ0n) is 13.6. The lowest BCUT2D eigenvalue weighted by atomic mass is 9.84. The number of esters is 1. The molecule has 6 heteroatoms. The summed E-state index contributed by atoms with van der Waals surface area (Å²) in [6.45, 7) is 0.162. The lowest BCUT2D eigenvalue weighted by Gasteiger charge is -2.29. The summed E-state index contributed by atoms with van der Waals surface area (Å²) >= 11 is 0. The molecule has 0 saturated heterocycles. The summed E-state index contributed by atoms with van der Waals surface area (Å²) in [5.41, 5.74) is 0.935. The van der Waals surface area contributed by atoms with Crippen LogP contribution in [-0.4, -0.2) is 34.8 Å². The minimum atomic E-state index is -0.202. The van der Waals surface area contributed by atoms with Crippen molar-refractivity contribution >= 4 is 22.8 Å². The van der Waals surface area contributed by atoms with Gasteiger partial charge in [0.2, 0.25) is 5.91 Å². The number of methoxy groups -OCH3 is 1. The highest BCUT2D eigenvalue weighted by atomic mass is 16.5. The Morgan fingerprint density at radius 2 is 2.08 bits per heavy atom. The van der Waals surface area contributed by atoms with E-state index in [9.17, 15) is 9.59 Å². The summed E-state index contributed by atoms with van der Waals surface area (Å²) in [6.07, 6.45) is 4.90. The molecule has 4 atom stereocenters. The van der Waals surface area contributed by atoms with E-state index in [0.29, 0.717) is 11.8 Å². The lowest BCUT2D eigenvalue weighted by molar-refractivity contribution is -0.148. The third kappa shape index (κ3) is 2.46. The summed E-state index contributed by atoms with van der Waals surface area (Å²) < 4.78 is 6.65. The fraction of sp³-hybridized carbons (Fsp3) is 0.500. The van der Waals surface area contributed by atoms with Gasteiger partial charge in [0.05, 0.1) is 24.7 Å². The van der Waals surface area contributed by atoms with Crippen molar-refractivity contribution in [3.8, 4) is 0 Å². The molecule has 2 saturated carbocycles. The molecule has 0 unspecified atom stereocenters. The minimum absolute atomic E-state index is 0.102. The Balaban J connectivity index is 1.48. The van der Waals surface area contributed by atoms with Crippen molar-refractivity contribution < 1.29 is 14.3 Å². The summed E-state index contributed by atoms with van der Waals surface area (Å²) in [5.74, 6) is 0.232. The van der Waals surface area contributed by atoms with Crippen LogP contribution >= 0.6 is 0 Å². The van der Waals surface area contributed by atoms with E-state index in [1.165, 1.54) is 7.11 Å². The van der Waals surface area contributed by atoms with Gasteiger partial charge < -0.3 is 10.1 Å². The quantitative estimate of drug-likeness (QED) is 0.868. The fourth-order valence-electron chi connectivity index (χ4n) is 4.49. The molecule has 2 bridgehead atoms. The van der Waals surface area contributed by atoms with E-state index in [1.807, 2.05) is 24.3 Å². The highest BCUT2D eigenvalue weighted by Crippen LogP contribution is 2.48. The van der Waals surface area contributed by atoms with Crippen LogP contribution in [0.5, 0.6) is 0 Å². The van der Waals surface area contributed by atoms with Gasteiger partial charge in [0.25, 0.3) is 0 Å². The van der Waals surface area contributed by atoms with E-state index in [2.05, 4.69) is 10.4 Å². The Kier molecular flexibility index (Phi) is 3.75. The van der Waals surface area contributed by atoms with Crippen molar-refractivity contribution in [1.29, 1.82) is 0 Å². The number of amides is 1. The van der Waals surface area contributed by atoms with E-state index in [-0.39, 0.29) is 30.4 Å². The maximum atomic E-state index is 12.5. The second-order valence-corrected chi connectivity index (χ2v) is 6.84. The second kappa shape index (κ2) is 5.92. The molecule has 6 nitrogen and oxygen atoms in total. The predicted molar refractivity (Wildman–Crippen MR) is 88.0 cm³/mol. The van der Waals surface area contributed by atoms with Gasteiger partial charge in [0.15, 0.2) is 0 Å². The fourth-order valence-corrected chi connectivity index (χ4v) is 4.49. The highest BCUT2D eigenvalue weighted by Gasteiger charge is 2.51. The molecule has 1 heterocycles. The first-order valence-electron chi connectivity index (χ1n) is 8.45. The van der Waals surface area contributed by atoms with Crippen LogP contribution in [0, 0.1) is 17.8 Å². The van der Waals surface area contributed by atoms with E-state index in [0.717, 1.165) is 30.2 Å². The minimum Gasteiger partial charge on any atom is -0.469 e. The molecule has 0 radical (unpaired) electrons. The normalized spacial score (nSPS) is 28.2. The molecule has 1 aromatic heterocycles. The lowest BCUT2D eigenvalue weighted by Crippen LogP contribution is -2.48. The van der Waals surface area contributed by atoms with E-state index in [1.54, 1.807) is 10.9 Å². The number of hydrogen-bond donors (Lipinski definition) is 1. The number of para-hydroxylation sites is 1. The number of carbonyl (C=O) groups is 2. The van der Waals surface area contributed by atoms with Crippen LogP contribution in [0.15, 0.2) is 30.5 Å². The topological polar surface area (TPSA) is 73.2 Å². The van der Waals surface area contributed by atoms with Gasteiger partial charge in [-0.1, -0.05) is 18.2 Å². The molecule has 0 aliphatic heterocycles. The first kappa shape index (κ1) is 15.2. The molecule has 2 aliphatic carbocycles. The Bertz CT molecular complexity index is 785. The van der Waals surface area contributed by atoms with Gasteiger partial charge in [0.1, 0.15) is 6.54 Å². The van der Waals surface area contributed by atoms with Gasteiger partial charge in [0, 0.05) is 11.4 Å². The Hall–Kier alpha value is -2.37. The van der Waals surface area contributed by atoms with Gasteiger partial charge in [-0.05, 0) is 37.2 Å².